The predicted molar refractivity (Wildman–Crippen MR) is 112 cm³/mol. The summed E-state index contributed by atoms with van der Waals surface area (Å²) in [4.78, 5) is 28.5. The standard InChI is InChI=1S/C21H22N4O2S/c1-15(26)16-8-10-18(11-9-16)24-21-25(13-12-23-20(27)22-2)19(14-28-21)17-6-4-3-5-7-17/h3-11,14H,12-13H2,1-2H3,(H2,22,23,27). The molecular weight excluding hydrogens is 372 g/mol. The number of Topliss-reactive ketones (excluding diaryl/α,β-unsaturated/α-hetero) is 1. The summed E-state index contributed by atoms with van der Waals surface area (Å²) in [6.07, 6.45) is 0. The van der Waals surface area contributed by atoms with Crippen LogP contribution in [0.2, 0.25) is 0 Å². The van der Waals surface area contributed by atoms with Gasteiger partial charge in [0.25, 0.3) is 0 Å². The van der Waals surface area contributed by atoms with Crippen LogP contribution in [-0.2, 0) is 6.54 Å². The molecule has 0 spiro atoms. The molecule has 1 aromatic heterocycles. The normalized spacial score (nSPS) is 11.3. The number of aromatic nitrogens is 1. The topological polar surface area (TPSA) is 75.5 Å². The van der Waals surface area contributed by atoms with Crippen molar-refractivity contribution in [3.05, 3.63) is 70.3 Å². The fourth-order valence-corrected chi connectivity index (χ4v) is 3.68. The first-order chi connectivity index (χ1) is 13.6. The number of nitrogens with zero attached hydrogens (tertiary/aromatic N) is 2. The van der Waals surface area contributed by atoms with E-state index >= 15 is 0 Å². The molecule has 0 radical (unpaired) electrons. The largest absolute Gasteiger partial charge is 0.341 e. The third kappa shape index (κ3) is 4.75. The van der Waals surface area contributed by atoms with Crippen molar-refractivity contribution in [2.24, 2.45) is 4.99 Å². The molecule has 144 valence electrons. The van der Waals surface area contributed by atoms with Gasteiger partial charge in [0.2, 0.25) is 0 Å². The second-order valence-corrected chi connectivity index (χ2v) is 6.98. The summed E-state index contributed by atoms with van der Waals surface area (Å²) in [7, 11) is 1.59. The monoisotopic (exact) mass is 394 g/mol. The lowest BCUT2D eigenvalue weighted by Crippen LogP contribution is -2.36. The Bertz CT molecular complexity index is 1020. The van der Waals surface area contributed by atoms with Crippen LogP contribution in [0.15, 0.2) is 65.0 Å². The molecule has 0 saturated heterocycles. The molecule has 0 aliphatic rings. The van der Waals surface area contributed by atoms with Crippen molar-refractivity contribution in [1.82, 2.24) is 15.2 Å². The number of ketones is 1. The van der Waals surface area contributed by atoms with Crippen molar-refractivity contribution in [3.8, 4) is 11.3 Å². The van der Waals surface area contributed by atoms with Gasteiger partial charge in [-0.25, -0.2) is 9.79 Å². The Morgan fingerprint density at radius 1 is 1.07 bits per heavy atom. The lowest BCUT2D eigenvalue weighted by molar-refractivity contribution is 0.101. The Morgan fingerprint density at radius 3 is 2.43 bits per heavy atom. The molecule has 0 aliphatic carbocycles. The fourth-order valence-electron chi connectivity index (χ4n) is 2.73. The fraction of sp³-hybridized carbons (Fsp3) is 0.190. The van der Waals surface area contributed by atoms with Gasteiger partial charge in [0.15, 0.2) is 10.6 Å². The van der Waals surface area contributed by atoms with Gasteiger partial charge in [-0.2, -0.15) is 0 Å². The summed E-state index contributed by atoms with van der Waals surface area (Å²) in [5.74, 6) is 0.0318. The maximum absolute atomic E-state index is 11.5. The number of hydrogen-bond acceptors (Lipinski definition) is 4. The number of carbonyl (C=O) groups excluding carboxylic acids is 2. The maximum atomic E-state index is 11.5. The second-order valence-electron chi connectivity index (χ2n) is 6.14. The highest BCUT2D eigenvalue weighted by Crippen LogP contribution is 2.20. The second kappa shape index (κ2) is 9.14. The molecule has 6 nitrogen and oxygen atoms in total. The van der Waals surface area contributed by atoms with E-state index < -0.39 is 0 Å². The molecule has 0 fully saturated rings. The van der Waals surface area contributed by atoms with Crippen LogP contribution in [0.4, 0.5) is 10.5 Å². The van der Waals surface area contributed by atoms with Crippen LogP contribution >= 0.6 is 11.3 Å². The average Bonchev–Trinajstić information content (AvgIpc) is 3.11. The number of benzene rings is 2. The first-order valence-corrected chi connectivity index (χ1v) is 9.81. The molecule has 0 aliphatic heterocycles. The summed E-state index contributed by atoms with van der Waals surface area (Å²) in [5.41, 5.74) is 3.58. The third-order valence-corrected chi connectivity index (χ3v) is 5.08. The SMILES string of the molecule is CNC(=O)NCCn1c(-c2ccccc2)csc1=Nc1ccc(C(C)=O)cc1. The average molecular weight is 395 g/mol. The van der Waals surface area contributed by atoms with Gasteiger partial charge in [0.05, 0.1) is 11.4 Å². The Balaban J connectivity index is 1.96. The lowest BCUT2D eigenvalue weighted by Gasteiger charge is -2.10. The van der Waals surface area contributed by atoms with E-state index in [1.54, 1.807) is 37.4 Å². The Hall–Kier alpha value is -3.19. The predicted octanol–water partition coefficient (Wildman–Crippen LogP) is 3.58. The van der Waals surface area contributed by atoms with Crippen LogP contribution < -0.4 is 15.4 Å². The van der Waals surface area contributed by atoms with Crippen LogP contribution in [0.25, 0.3) is 11.3 Å². The van der Waals surface area contributed by atoms with Crippen molar-refractivity contribution < 1.29 is 9.59 Å². The van der Waals surface area contributed by atoms with Gasteiger partial charge in [-0.15, -0.1) is 11.3 Å². The van der Waals surface area contributed by atoms with E-state index in [0.717, 1.165) is 21.7 Å². The van der Waals surface area contributed by atoms with Gasteiger partial charge in [-0.1, -0.05) is 30.3 Å². The molecule has 0 atom stereocenters. The van der Waals surface area contributed by atoms with E-state index in [9.17, 15) is 9.59 Å². The molecule has 0 bridgehead atoms. The maximum Gasteiger partial charge on any atom is 0.314 e. The summed E-state index contributed by atoms with van der Waals surface area (Å²) in [5, 5.41) is 7.43. The Labute approximate surface area is 167 Å². The van der Waals surface area contributed by atoms with Crippen LogP contribution in [-0.4, -0.2) is 30.0 Å². The van der Waals surface area contributed by atoms with Crippen LogP contribution in [0.1, 0.15) is 17.3 Å². The van der Waals surface area contributed by atoms with E-state index in [1.165, 1.54) is 0 Å². The molecule has 28 heavy (non-hydrogen) atoms. The Morgan fingerprint density at radius 2 is 1.79 bits per heavy atom. The van der Waals surface area contributed by atoms with Gasteiger partial charge in [-0.3, -0.25) is 4.79 Å². The van der Waals surface area contributed by atoms with Crippen molar-refractivity contribution in [3.63, 3.8) is 0 Å². The van der Waals surface area contributed by atoms with Gasteiger partial charge in [-0.05, 0) is 36.8 Å². The number of carbonyl (C=O) groups is 2. The molecule has 2 N–H and O–H groups in total. The zero-order valence-corrected chi connectivity index (χ0v) is 16.6. The van der Waals surface area contributed by atoms with Crippen LogP contribution in [0, 0.1) is 0 Å². The minimum Gasteiger partial charge on any atom is -0.341 e. The number of nitrogens with one attached hydrogen (secondary N) is 2. The van der Waals surface area contributed by atoms with Gasteiger partial charge in [0, 0.05) is 31.1 Å². The highest BCUT2D eigenvalue weighted by atomic mass is 32.1. The van der Waals surface area contributed by atoms with E-state index in [4.69, 9.17) is 4.99 Å². The number of amides is 2. The molecule has 3 aromatic rings. The van der Waals surface area contributed by atoms with E-state index in [-0.39, 0.29) is 11.8 Å². The number of rotatable bonds is 6. The summed E-state index contributed by atoms with van der Waals surface area (Å²) < 4.78 is 2.09. The summed E-state index contributed by atoms with van der Waals surface area (Å²) in [6.45, 7) is 2.61. The van der Waals surface area contributed by atoms with Crippen molar-refractivity contribution in [2.45, 2.75) is 13.5 Å². The van der Waals surface area contributed by atoms with Crippen LogP contribution in [0.3, 0.4) is 0 Å². The molecule has 7 heteroatoms. The van der Waals surface area contributed by atoms with Gasteiger partial charge in [0.1, 0.15) is 0 Å². The molecule has 2 amide bonds. The number of thiazole rings is 1. The van der Waals surface area contributed by atoms with Crippen molar-refractivity contribution in [1.29, 1.82) is 0 Å². The van der Waals surface area contributed by atoms with Gasteiger partial charge < -0.3 is 15.2 Å². The first-order valence-electron chi connectivity index (χ1n) is 8.93. The zero-order chi connectivity index (χ0) is 19.9. The smallest absolute Gasteiger partial charge is 0.314 e. The van der Waals surface area contributed by atoms with Gasteiger partial charge >= 0.3 is 6.03 Å². The quantitative estimate of drug-likeness (QED) is 0.627. The van der Waals surface area contributed by atoms with Crippen molar-refractivity contribution >= 4 is 28.8 Å². The lowest BCUT2D eigenvalue weighted by atomic mass is 10.1. The minimum atomic E-state index is -0.213. The summed E-state index contributed by atoms with van der Waals surface area (Å²) in [6, 6.07) is 17.1. The highest BCUT2D eigenvalue weighted by Gasteiger charge is 2.09. The van der Waals surface area contributed by atoms with E-state index in [0.29, 0.717) is 18.7 Å². The minimum absolute atomic E-state index is 0.0318. The zero-order valence-electron chi connectivity index (χ0n) is 15.8. The van der Waals surface area contributed by atoms with Crippen LogP contribution in [0.5, 0.6) is 0 Å². The number of urea groups is 1. The molecule has 0 saturated carbocycles. The number of hydrogen-bond donors (Lipinski definition) is 2. The Kier molecular flexibility index (Phi) is 6.39. The molecule has 0 unspecified atom stereocenters. The van der Waals surface area contributed by atoms with E-state index in [1.807, 2.05) is 30.3 Å². The van der Waals surface area contributed by atoms with Crippen molar-refractivity contribution in [2.75, 3.05) is 13.6 Å². The molecule has 2 aromatic carbocycles. The third-order valence-electron chi connectivity index (χ3n) is 4.21. The molecule has 3 rings (SSSR count). The molecular formula is C21H22N4O2S. The first kappa shape index (κ1) is 19.6. The molecule has 1 heterocycles. The summed E-state index contributed by atoms with van der Waals surface area (Å²) >= 11 is 1.54. The highest BCUT2D eigenvalue weighted by molar-refractivity contribution is 7.07. The van der Waals surface area contributed by atoms with E-state index in [2.05, 4.69) is 32.7 Å².